The summed E-state index contributed by atoms with van der Waals surface area (Å²) in [5.74, 6) is 7.37. The maximum Gasteiger partial charge on any atom is 0.233 e. The second-order valence-electron chi connectivity index (χ2n) is 6.15. The maximum atomic E-state index is 12.5. The number of carbonyl (C=O) groups excluding carboxylic acids is 1. The monoisotopic (exact) mass is 393 g/mol. The smallest absolute Gasteiger partial charge is 0.233 e. The number of pyridine rings is 1. The number of piperazine rings is 1. The van der Waals surface area contributed by atoms with Gasteiger partial charge in [0.1, 0.15) is 5.82 Å². The van der Waals surface area contributed by atoms with Crippen molar-refractivity contribution >= 4 is 35.2 Å². The van der Waals surface area contributed by atoms with Crippen molar-refractivity contribution in [2.45, 2.75) is 29.4 Å². The normalized spacial score (nSPS) is 14.9. The fraction of sp³-hybridized carbons (Fsp3) is 0.500. The van der Waals surface area contributed by atoms with Gasteiger partial charge in [-0.05, 0) is 12.1 Å². The summed E-state index contributed by atoms with van der Waals surface area (Å²) in [6, 6.07) is 5.88. The zero-order chi connectivity index (χ0) is 18.5. The van der Waals surface area contributed by atoms with Crippen LogP contribution in [0.4, 0.5) is 5.82 Å². The Labute approximate surface area is 161 Å². The van der Waals surface area contributed by atoms with E-state index >= 15 is 0 Å². The maximum absolute atomic E-state index is 12.5. The highest BCUT2D eigenvalue weighted by Gasteiger charge is 2.22. The number of thioether (sulfide) groups is 2. The van der Waals surface area contributed by atoms with Crippen LogP contribution in [-0.4, -0.2) is 67.8 Å². The SMILES string of the molecule is CC(C)Sc1nnc(SCC(=O)N2CCN(c3ccccn3)CC2)n1N. The molecule has 8 nitrogen and oxygen atoms in total. The van der Waals surface area contributed by atoms with Crippen molar-refractivity contribution in [3.63, 3.8) is 0 Å². The van der Waals surface area contributed by atoms with Crippen molar-refractivity contribution in [3.05, 3.63) is 24.4 Å². The molecule has 3 heterocycles. The Balaban J connectivity index is 1.48. The zero-order valence-electron chi connectivity index (χ0n) is 14.9. The van der Waals surface area contributed by atoms with Crippen LogP contribution in [0.2, 0.25) is 0 Å². The molecule has 0 bridgehead atoms. The van der Waals surface area contributed by atoms with E-state index in [0.29, 0.717) is 34.4 Å². The molecule has 1 aliphatic heterocycles. The van der Waals surface area contributed by atoms with E-state index in [-0.39, 0.29) is 5.91 Å². The van der Waals surface area contributed by atoms with Gasteiger partial charge in [0.15, 0.2) is 0 Å². The molecule has 0 unspecified atom stereocenters. The second-order valence-corrected chi connectivity index (χ2v) is 8.63. The lowest BCUT2D eigenvalue weighted by atomic mass is 10.3. The molecule has 1 fully saturated rings. The number of hydrogen-bond donors (Lipinski definition) is 1. The molecule has 2 aromatic rings. The van der Waals surface area contributed by atoms with Crippen LogP contribution < -0.4 is 10.7 Å². The summed E-state index contributed by atoms with van der Waals surface area (Å²) >= 11 is 2.88. The van der Waals surface area contributed by atoms with Crippen LogP contribution in [0.5, 0.6) is 0 Å². The van der Waals surface area contributed by atoms with Crippen molar-refractivity contribution in [2.75, 3.05) is 42.7 Å². The number of nitrogens with zero attached hydrogens (tertiary/aromatic N) is 6. The molecule has 2 N–H and O–H groups in total. The van der Waals surface area contributed by atoms with Gasteiger partial charge in [0.2, 0.25) is 16.2 Å². The molecule has 26 heavy (non-hydrogen) atoms. The van der Waals surface area contributed by atoms with Crippen molar-refractivity contribution in [1.82, 2.24) is 24.8 Å². The molecule has 0 atom stereocenters. The van der Waals surface area contributed by atoms with Crippen molar-refractivity contribution in [3.8, 4) is 0 Å². The van der Waals surface area contributed by atoms with E-state index in [2.05, 4.69) is 33.9 Å². The fourth-order valence-corrected chi connectivity index (χ4v) is 4.12. The number of anilines is 1. The summed E-state index contributed by atoms with van der Waals surface area (Å²) in [7, 11) is 0. The lowest BCUT2D eigenvalue weighted by Gasteiger charge is -2.35. The number of rotatable bonds is 6. The van der Waals surface area contributed by atoms with Crippen LogP contribution >= 0.6 is 23.5 Å². The highest BCUT2D eigenvalue weighted by molar-refractivity contribution is 8.00. The standard InChI is InChI=1S/C16H23N7OS2/c1-12(2)26-16-20-19-15(23(16)17)25-11-14(24)22-9-7-21(8-10-22)13-5-3-4-6-18-13/h3-6,12H,7-11,17H2,1-2H3. The Morgan fingerprint density at radius 2 is 1.92 bits per heavy atom. The average molecular weight is 394 g/mol. The van der Waals surface area contributed by atoms with E-state index in [9.17, 15) is 4.79 Å². The Morgan fingerprint density at radius 3 is 2.58 bits per heavy atom. The van der Waals surface area contributed by atoms with Crippen LogP contribution in [0.15, 0.2) is 34.7 Å². The third-order valence-electron chi connectivity index (χ3n) is 3.90. The van der Waals surface area contributed by atoms with E-state index < -0.39 is 0 Å². The van der Waals surface area contributed by atoms with Crippen LogP contribution in [-0.2, 0) is 4.79 Å². The van der Waals surface area contributed by atoms with Crippen molar-refractivity contribution < 1.29 is 4.79 Å². The topological polar surface area (TPSA) is 93.2 Å². The molecule has 1 aliphatic rings. The highest BCUT2D eigenvalue weighted by Crippen LogP contribution is 2.24. The van der Waals surface area contributed by atoms with E-state index in [0.717, 1.165) is 18.9 Å². The Bertz CT molecular complexity index is 729. The third kappa shape index (κ3) is 4.61. The lowest BCUT2D eigenvalue weighted by Crippen LogP contribution is -2.49. The molecular weight excluding hydrogens is 370 g/mol. The van der Waals surface area contributed by atoms with Gasteiger partial charge in [-0.2, -0.15) is 0 Å². The van der Waals surface area contributed by atoms with Gasteiger partial charge in [-0.25, -0.2) is 9.66 Å². The molecule has 1 amide bonds. The van der Waals surface area contributed by atoms with Gasteiger partial charge in [-0.15, -0.1) is 10.2 Å². The second kappa shape index (κ2) is 8.63. The number of nitrogens with two attached hydrogens (primary N) is 1. The molecule has 0 saturated carbocycles. The highest BCUT2D eigenvalue weighted by atomic mass is 32.2. The number of hydrogen-bond acceptors (Lipinski definition) is 8. The zero-order valence-corrected chi connectivity index (χ0v) is 16.5. The van der Waals surface area contributed by atoms with Gasteiger partial charge >= 0.3 is 0 Å². The van der Waals surface area contributed by atoms with Crippen LogP contribution in [0.1, 0.15) is 13.8 Å². The summed E-state index contributed by atoms with van der Waals surface area (Å²) in [4.78, 5) is 20.9. The Morgan fingerprint density at radius 1 is 1.19 bits per heavy atom. The van der Waals surface area contributed by atoms with Gasteiger partial charge in [-0.3, -0.25) is 4.79 Å². The van der Waals surface area contributed by atoms with Crippen molar-refractivity contribution in [1.29, 1.82) is 0 Å². The van der Waals surface area contributed by atoms with Gasteiger partial charge in [0.25, 0.3) is 0 Å². The summed E-state index contributed by atoms with van der Waals surface area (Å²) in [5, 5.41) is 9.76. The number of nitrogen functional groups attached to an aromatic ring is 1. The van der Waals surface area contributed by atoms with E-state index in [1.54, 1.807) is 18.0 Å². The third-order valence-corrected chi connectivity index (χ3v) is 5.79. The van der Waals surface area contributed by atoms with Crippen LogP contribution in [0, 0.1) is 0 Å². The summed E-state index contributed by atoms with van der Waals surface area (Å²) < 4.78 is 1.46. The molecule has 0 aliphatic carbocycles. The molecule has 140 valence electrons. The molecule has 1 saturated heterocycles. The largest absolute Gasteiger partial charge is 0.353 e. The number of amides is 1. The first-order valence-corrected chi connectivity index (χ1v) is 10.3. The average Bonchev–Trinajstić information content (AvgIpc) is 3.00. The minimum Gasteiger partial charge on any atom is -0.353 e. The summed E-state index contributed by atoms with van der Waals surface area (Å²) in [5.41, 5.74) is 0. The predicted octanol–water partition coefficient (Wildman–Crippen LogP) is 1.33. The van der Waals surface area contributed by atoms with Gasteiger partial charge in [-0.1, -0.05) is 43.4 Å². The quantitative estimate of drug-likeness (QED) is 0.580. The minimum atomic E-state index is 0.0942. The first-order chi connectivity index (χ1) is 12.5. The van der Waals surface area contributed by atoms with E-state index in [4.69, 9.17) is 5.84 Å². The van der Waals surface area contributed by atoms with Crippen LogP contribution in [0.25, 0.3) is 0 Å². The first-order valence-electron chi connectivity index (χ1n) is 8.48. The van der Waals surface area contributed by atoms with Gasteiger partial charge < -0.3 is 15.6 Å². The number of aromatic nitrogens is 4. The predicted molar refractivity (Wildman–Crippen MR) is 105 cm³/mol. The van der Waals surface area contributed by atoms with Crippen molar-refractivity contribution in [2.24, 2.45) is 0 Å². The van der Waals surface area contributed by atoms with E-state index in [1.165, 1.54) is 16.4 Å². The molecular formula is C16H23N7OS2. The number of carbonyl (C=O) groups is 1. The minimum absolute atomic E-state index is 0.0942. The van der Waals surface area contributed by atoms with E-state index in [1.807, 2.05) is 23.1 Å². The van der Waals surface area contributed by atoms with Crippen LogP contribution in [0.3, 0.4) is 0 Å². The molecule has 10 heteroatoms. The molecule has 0 aromatic carbocycles. The molecule has 0 spiro atoms. The van der Waals surface area contributed by atoms with Gasteiger partial charge in [0, 0.05) is 37.6 Å². The van der Waals surface area contributed by atoms with Gasteiger partial charge in [0.05, 0.1) is 5.75 Å². The summed E-state index contributed by atoms with van der Waals surface area (Å²) in [6.07, 6.45) is 1.79. The molecule has 2 aromatic heterocycles. The molecule has 3 rings (SSSR count). The summed E-state index contributed by atoms with van der Waals surface area (Å²) in [6.45, 7) is 7.10. The molecule has 0 radical (unpaired) electrons. The Kier molecular flexibility index (Phi) is 6.25. The lowest BCUT2D eigenvalue weighted by molar-refractivity contribution is -0.128. The fourth-order valence-electron chi connectivity index (χ4n) is 2.60. The Hall–Kier alpha value is -1.94. The first kappa shape index (κ1) is 18.8.